The third kappa shape index (κ3) is 11.6. The van der Waals surface area contributed by atoms with Crippen molar-refractivity contribution in [2.75, 3.05) is 14.2 Å². The lowest BCUT2D eigenvalue weighted by Gasteiger charge is -2.38. The van der Waals surface area contributed by atoms with Gasteiger partial charge in [0.1, 0.15) is 11.9 Å². The summed E-state index contributed by atoms with van der Waals surface area (Å²) in [6.45, 7) is 28.4. The highest BCUT2D eigenvalue weighted by Gasteiger charge is 2.41. The molecule has 48 heavy (non-hydrogen) atoms. The van der Waals surface area contributed by atoms with Crippen molar-refractivity contribution in [1.29, 1.82) is 0 Å². The molecule has 0 saturated heterocycles. The third-order valence-electron chi connectivity index (χ3n) is 10.1. The van der Waals surface area contributed by atoms with Gasteiger partial charge in [-0.3, -0.25) is 0 Å². The molecule has 0 unspecified atom stereocenters. The maximum absolute atomic E-state index is 13.2. The number of benzene rings is 2. The van der Waals surface area contributed by atoms with Crippen LogP contribution in [-0.4, -0.2) is 53.6 Å². The molecule has 9 heteroatoms. The van der Waals surface area contributed by atoms with Gasteiger partial charge in [0.15, 0.2) is 20.2 Å². The highest BCUT2D eigenvalue weighted by molar-refractivity contribution is 6.75. The number of hydrogen-bond donors (Lipinski definition) is 1. The molecule has 0 radical (unpaired) electrons. The largest absolute Gasteiger partial charge is 0.541 e. The van der Waals surface area contributed by atoms with E-state index in [4.69, 9.17) is 23.1 Å². The minimum Gasteiger partial charge on any atom is -0.541 e. The molecule has 0 aliphatic carbocycles. The Balaban J connectivity index is 2.37. The second kappa shape index (κ2) is 16.5. The van der Waals surface area contributed by atoms with Gasteiger partial charge in [-0.15, -0.1) is 0 Å². The molecule has 0 saturated carbocycles. The molecule has 2 aromatic carbocycles. The second-order valence-corrected chi connectivity index (χ2v) is 26.1. The molecule has 2 atom stereocenters. The number of aliphatic hydroxyl groups is 1. The van der Waals surface area contributed by atoms with Crippen LogP contribution in [0.25, 0.3) is 0 Å². The van der Waals surface area contributed by atoms with Gasteiger partial charge in [-0.2, -0.15) is 0 Å². The highest BCUT2D eigenvalue weighted by Crippen LogP contribution is 2.43. The zero-order valence-corrected chi connectivity index (χ0v) is 34.5. The predicted octanol–water partition coefficient (Wildman–Crippen LogP) is 9.94. The van der Waals surface area contributed by atoms with E-state index >= 15 is 0 Å². The number of ether oxygens (including phenoxy) is 3. The fraction of sp³-hybridized carbons (Fsp3) is 0.615. The van der Waals surface area contributed by atoms with Gasteiger partial charge in [-0.1, -0.05) is 83.5 Å². The van der Waals surface area contributed by atoms with Crippen molar-refractivity contribution in [2.24, 2.45) is 0 Å². The molecule has 0 aliphatic heterocycles. The molecule has 0 aliphatic rings. The van der Waals surface area contributed by atoms with E-state index < -0.39 is 40.4 Å². The normalized spacial score (nSPS) is 14.8. The van der Waals surface area contributed by atoms with E-state index in [1.807, 2.05) is 30.3 Å². The molecule has 2 rings (SSSR count). The number of allylic oxidation sites excluding steroid dienone is 2. The summed E-state index contributed by atoms with van der Waals surface area (Å²) in [5, 5.41) is 11.1. The van der Waals surface area contributed by atoms with Gasteiger partial charge in [0.05, 0.1) is 19.3 Å². The molecule has 0 spiro atoms. The summed E-state index contributed by atoms with van der Waals surface area (Å²) >= 11 is 0. The van der Waals surface area contributed by atoms with E-state index in [-0.39, 0.29) is 10.1 Å². The summed E-state index contributed by atoms with van der Waals surface area (Å²) < 4.78 is 30.8. The number of carbonyl (C=O) groups is 1. The van der Waals surface area contributed by atoms with Crippen LogP contribution in [-0.2, 0) is 31.7 Å². The zero-order valence-electron chi connectivity index (χ0n) is 32.5. The third-order valence-corrected chi connectivity index (χ3v) is 18.9. The Labute approximate surface area is 293 Å². The predicted molar refractivity (Wildman–Crippen MR) is 202 cm³/mol. The van der Waals surface area contributed by atoms with Gasteiger partial charge in [0, 0.05) is 12.7 Å². The Morgan fingerprint density at radius 2 is 1.48 bits per heavy atom. The van der Waals surface area contributed by atoms with Gasteiger partial charge in [-0.05, 0) is 99.6 Å². The van der Waals surface area contributed by atoms with Gasteiger partial charge in [-0.25, -0.2) is 4.79 Å². The topological polar surface area (TPSA) is 83.5 Å². The van der Waals surface area contributed by atoms with E-state index in [9.17, 15) is 9.90 Å². The molecule has 0 heterocycles. The van der Waals surface area contributed by atoms with E-state index in [2.05, 4.69) is 92.9 Å². The maximum Gasteiger partial charge on any atom is 0.340 e. The Morgan fingerprint density at radius 1 is 0.896 bits per heavy atom. The molecular weight excluding hydrogens is 637 g/mol. The van der Waals surface area contributed by atoms with Gasteiger partial charge in [0.2, 0.25) is 0 Å². The number of carbonyl (C=O) groups excluding carboxylic acids is 1. The molecular formula is C39H64O7Si2. The van der Waals surface area contributed by atoms with Crippen molar-refractivity contribution in [3.63, 3.8) is 0 Å². The molecule has 0 bridgehead atoms. The van der Waals surface area contributed by atoms with Crippen molar-refractivity contribution >= 4 is 22.6 Å². The van der Waals surface area contributed by atoms with Crippen LogP contribution < -0.4 is 9.16 Å². The summed E-state index contributed by atoms with van der Waals surface area (Å²) in [5.41, 5.74) is 2.69. The summed E-state index contributed by atoms with van der Waals surface area (Å²) in [4.78, 5) is 13.2. The van der Waals surface area contributed by atoms with E-state index in [0.29, 0.717) is 31.4 Å². The number of methoxy groups -OCH3 is 2. The lowest BCUT2D eigenvalue weighted by molar-refractivity contribution is -0.174. The van der Waals surface area contributed by atoms with Gasteiger partial charge < -0.3 is 28.2 Å². The molecule has 270 valence electrons. The van der Waals surface area contributed by atoms with E-state index in [0.717, 1.165) is 28.2 Å². The Hall–Kier alpha value is -2.44. The van der Waals surface area contributed by atoms with Crippen LogP contribution in [0.2, 0.25) is 36.3 Å². The Bertz CT molecular complexity index is 1360. The first kappa shape index (κ1) is 41.7. The average molecular weight is 701 g/mol. The SMILES string of the molecule is COc1cc(CO[Si](C)(C)C(C)(C)C)cc(C/C=C(\C)CC[C@H](OC(=O)[C@H](OC)c2ccccc2)C(C)(C)O)c1O[Si](C)(C)C(C)(C)C. The van der Waals surface area contributed by atoms with Crippen LogP contribution in [0.15, 0.2) is 54.1 Å². The van der Waals surface area contributed by atoms with E-state index in [1.54, 1.807) is 21.0 Å². The maximum atomic E-state index is 13.2. The summed E-state index contributed by atoms with van der Waals surface area (Å²) in [6, 6.07) is 13.5. The molecule has 0 amide bonds. The molecule has 0 fully saturated rings. The number of esters is 1. The standard InChI is InChI=1S/C39H64O7Si2/c1-28(22-24-33(39(8,9)41)45-36(40)35(43-11)30-19-17-16-18-20-30)21-23-31-25-29(27-44-47(12,13)37(2,3)4)26-32(42-10)34(31)46-48(14,15)38(5,6)7/h16-21,25-26,33,35,41H,22-24,27H2,1-15H3/b28-21+/t33-,35+/m0/s1. The van der Waals surface area contributed by atoms with Gasteiger partial charge in [0.25, 0.3) is 8.32 Å². The summed E-state index contributed by atoms with van der Waals surface area (Å²) in [7, 11) is -0.973. The van der Waals surface area contributed by atoms with Crippen molar-refractivity contribution in [3.8, 4) is 11.5 Å². The van der Waals surface area contributed by atoms with Crippen LogP contribution in [0.3, 0.4) is 0 Å². The quantitative estimate of drug-likeness (QED) is 0.106. The molecule has 1 N–H and O–H groups in total. The van der Waals surface area contributed by atoms with Crippen LogP contribution in [0.5, 0.6) is 11.5 Å². The first-order valence-corrected chi connectivity index (χ1v) is 22.9. The first-order chi connectivity index (χ1) is 21.9. The number of rotatable bonds is 16. The van der Waals surface area contributed by atoms with Crippen molar-refractivity contribution < 1.29 is 33.0 Å². The second-order valence-electron chi connectivity index (χ2n) is 16.6. The van der Waals surface area contributed by atoms with Crippen LogP contribution in [0.1, 0.15) is 97.9 Å². The summed E-state index contributed by atoms with van der Waals surface area (Å²) in [5.74, 6) is 0.991. The molecule has 0 aromatic heterocycles. The lowest BCUT2D eigenvalue weighted by Crippen LogP contribution is -2.44. The Morgan fingerprint density at radius 3 is 1.98 bits per heavy atom. The average Bonchev–Trinajstić information content (AvgIpc) is 2.96. The van der Waals surface area contributed by atoms with Gasteiger partial charge >= 0.3 is 5.97 Å². The fourth-order valence-electron chi connectivity index (χ4n) is 4.61. The highest BCUT2D eigenvalue weighted by atomic mass is 28.4. The minimum atomic E-state index is -2.19. The van der Waals surface area contributed by atoms with Crippen molar-refractivity contribution in [2.45, 2.75) is 142 Å². The van der Waals surface area contributed by atoms with Crippen molar-refractivity contribution in [1.82, 2.24) is 0 Å². The smallest absolute Gasteiger partial charge is 0.340 e. The van der Waals surface area contributed by atoms with E-state index in [1.165, 1.54) is 7.11 Å². The first-order valence-electron chi connectivity index (χ1n) is 17.1. The fourth-order valence-corrected chi connectivity index (χ4v) is 6.62. The minimum absolute atomic E-state index is 0.0109. The zero-order chi connectivity index (χ0) is 36.7. The molecule has 7 nitrogen and oxygen atoms in total. The monoisotopic (exact) mass is 700 g/mol. The van der Waals surface area contributed by atoms with Crippen LogP contribution >= 0.6 is 0 Å². The Kier molecular flexibility index (Phi) is 14.4. The number of hydrogen-bond acceptors (Lipinski definition) is 7. The lowest BCUT2D eigenvalue weighted by atomic mass is 9.94. The van der Waals surface area contributed by atoms with Crippen molar-refractivity contribution in [3.05, 3.63) is 70.8 Å². The summed E-state index contributed by atoms with van der Waals surface area (Å²) in [6.07, 6.45) is 2.33. The molecule has 2 aromatic rings. The van der Waals surface area contributed by atoms with Crippen LogP contribution in [0.4, 0.5) is 0 Å². The van der Waals surface area contributed by atoms with Crippen LogP contribution in [0, 0.1) is 0 Å².